The van der Waals surface area contributed by atoms with Crippen molar-refractivity contribution < 1.29 is 4.42 Å². The molecule has 0 aromatic carbocycles. The highest BCUT2D eigenvalue weighted by molar-refractivity contribution is 5.56. The average molecular weight is 352 g/mol. The van der Waals surface area contributed by atoms with Gasteiger partial charge >= 0.3 is 0 Å². The molecule has 5 rings (SSSR count). The molecule has 138 valence electrons. The number of aromatic nitrogens is 1. The maximum Gasteiger partial charge on any atom is 0.261 e. The van der Waals surface area contributed by atoms with Crippen LogP contribution >= 0.6 is 0 Å². The van der Waals surface area contributed by atoms with Crippen LogP contribution in [0.3, 0.4) is 0 Å². The summed E-state index contributed by atoms with van der Waals surface area (Å²) in [5, 5.41) is 0. The Balaban J connectivity index is 1.39. The molecule has 0 spiro atoms. The van der Waals surface area contributed by atoms with Crippen molar-refractivity contribution in [3.63, 3.8) is 0 Å². The molecule has 2 aromatic heterocycles. The van der Waals surface area contributed by atoms with Gasteiger partial charge in [-0.1, -0.05) is 19.3 Å². The fourth-order valence-corrected chi connectivity index (χ4v) is 5.55. The average Bonchev–Trinajstić information content (AvgIpc) is 3.18. The normalized spacial score (nSPS) is 26.6. The predicted octanol–water partition coefficient (Wildman–Crippen LogP) is 4.11. The second-order valence-electron chi connectivity index (χ2n) is 8.59. The quantitative estimate of drug-likeness (QED) is 0.834. The fraction of sp³-hybridized carbons (Fsp3) is 0.591. The van der Waals surface area contributed by atoms with Gasteiger partial charge in [-0.15, -0.1) is 0 Å². The standard InChI is InChI=1S/C22H28N2O2/c25-22-19(21-7-4-10-26-21)8-9-20-18-11-17(14-24(20)22)13-23(15-18)12-16-5-2-1-3-6-16/h4,7-10,16-18H,1-3,5-6,11-15H2/t17-,18+/m0/s1. The first kappa shape index (κ1) is 16.4. The Morgan fingerprint density at radius 2 is 1.92 bits per heavy atom. The van der Waals surface area contributed by atoms with Gasteiger partial charge in [-0.25, -0.2) is 0 Å². The Morgan fingerprint density at radius 3 is 2.73 bits per heavy atom. The van der Waals surface area contributed by atoms with E-state index < -0.39 is 0 Å². The van der Waals surface area contributed by atoms with E-state index in [-0.39, 0.29) is 5.56 Å². The van der Waals surface area contributed by atoms with Crippen molar-refractivity contribution in [1.82, 2.24) is 9.47 Å². The van der Waals surface area contributed by atoms with Crippen LogP contribution in [0.2, 0.25) is 0 Å². The van der Waals surface area contributed by atoms with Crippen molar-refractivity contribution in [2.75, 3.05) is 19.6 Å². The van der Waals surface area contributed by atoms with E-state index in [4.69, 9.17) is 4.42 Å². The maximum absolute atomic E-state index is 13.0. The maximum atomic E-state index is 13.0. The third-order valence-electron chi connectivity index (χ3n) is 6.71. The van der Waals surface area contributed by atoms with Crippen LogP contribution in [0.5, 0.6) is 0 Å². The molecule has 1 saturated carbocycles. The van der Waals surface area contributed by atoms with Gasteiger partial charge in [-0.3, -0.25) is 4.79 Å². The van der Waals surface area contributed by atoms with Crippen molar-refractivity contribution in [2.45, 2.75) is 51.0 Å². The first-order chi connectivity index (χ1) is 12.8. The van der Waals surface area contributed by atoms with Gasteiger partial charge in [0, 0.05) is 37.8 Å². The highest BCUT2D eigenvalue weighted by Gasteiger charge is 2.35. The number of fused-ring (bicyclic) bond motifs is 4. The van der Waals surface area contributed by atoms with Gasteiger partial charge in [0.05, 0.1) is 11.8 Å². The van der Waals surface area contributed by atoms with Crippen LogP contribution in [0, 0.1) is 11.8 Å². The highest BCUT2D eigenvalue weighted by Crippen LogP contribution is 2.37. The Bertz CT molecular complexity index is 817. The molecule has 0 N–H and O–H groups in total. The van der Waals surface area contributed by atoms with E-state index in [0.29, 0.717) is 23.2 Å². The summed E-state index contributed by atoms with van der Waals surface area (Å²) in [5.41, 5.74) is 2.04. The van der Waals surface area contributed by atoms with E-state index in [2.05, 4.69) is 11.0 Å². The largest absolute Gasteiger partial charge is 0.464 e. The zero-order chi connectivity index (χ0) is 17.5. The smallest absolute Gasteiger partial charge is 0.261 e. The molecule has 3 aliphatic rings. The molecule has 4 nitrogen and oxygen atoms in total. The lowest BCUT2D eigenvalue weighted by atomic mass is 9.81. The van der Waals surface area contributed by atoms with E-state index in [1.54, 1.807) is 6.26 Å². The molecule has 2 fully saturated rings. The summed E-state index contributed by atoms with van der Waals surface area (Å²) in [7, 11) is 0. The number of pyridine rings is 1. The van der Waals surface area contributed by atoms with Crippen molar-refractivity contribution in [3.8, 4) is 11.3 Å². The Kier molecular flexibility index (Phi) is 4.24. The minimum absolute atomic E-state index is 0.118. The molecule has 0 amide bonds. The van der Waals surface area contributed by atoms with Gasteiger partial charge in [0.2, 0.25) is 0 Å². The van der Waals surface area contributed by atoms with Crippen molar-refractivity contribution in [1.29, 1.82) is 0 Å². The summed E-state index contributed by atoms with van der Waals surface area (Å²) in [5.74, 6) is 2.69. The predicted molar refractivity (Wildman–Crippen MR) is 102 cm³/mol. The minimum atomic E-state index is 0.118. The molecule has 2 aromatic rings. The Hall–Kier alpha value is -1.81. The lowest BCUT2D eigenvalue weighted by Gasteiger charge is -2.44. The summed E-state index contributed by atoms with van der Waals surface area (Å²) >= 11 is 0. The zero-order valence-electron chi connectivity index (χ0n) is 15.4. The van der Waals surface area contributed by atoms with Crippen molar-refractivity contribution in [2.24, 2.45) is 11.8 Å². The number of hydrogen-bond donors (Lipinski definition) is 0. The first-order valence-electron chi connectivity index (χ1n) is 10.3. The molecule has 4 heterocycles. The molecule has 4 heteroatoms. The van der Waals surface area contributed by atoms with Gasteiger partial charge in [-0.05, 0) is 55.4 Å². The van der Waals surface area contributed by atoms with Crippen LogP contribution in [0.15, 0.2) is 39.7 Å². The Morgan fingerprint density at radius 1 is 1.04 bits per heavy atom. The van der Waals surface area contributed by atoms with Crippen molar-refractivity contribution >= 4 is 0 Å². The van der Waals surface area contributed by atoms with Crippen LogP contribution in [-0.4, -0.2) is 29.1 Å². The summed E-state index contributed by atoms with van der Waals surface area (Å²) < 4.78 is 7.50. The summed E-state index contributed by atoms with van der Waals surface area (Å²) in [6.07, 6.45) is 9.95. The molecule has 2 aliphatic heterocycles. The van der Waals surface area contributed by atoms with Crippen LogP contribution in [0.25, 0.3) is 11.3 Å². The molecular formula is C22H28N2O2. The van der Waals surface area contributed by atoms with Gasteiger partial charge in [0.15, 0.2) is 0 Å². The van der Waals surface area contributed by atoms with Crippen LogP contribution < -0.4 is 5.56 Å². The minimum Gasteiger partial charge on any atom is -0.464 e. The topological polar surface area (TPSA) is 38.4 Å². The van der Waals surface area contributed by atoms with E-state index in [0.717, 1.165) is 25.6 Å². The van der Waals surface area contributed by atoms with E-state index in [9.17, 15) is 4.79 Å². The zero-order valence-corrected chi connectivity index (χ0v) is 15.4. The fourth-order valence-electron chi connectivity index (χ4n) is 5.55. The molecule has 2 atom stereocenters. The second kappa shape index (κ2) is 6.73. The van der Waals surface area contributed by atoms with Gasteiger partial charge in [0.25, 0.3) is 5.56 Å². The summed E-state index contributed by atoms with van der Waals surface area (Å²) in [6, 6.07) is 7.85. The summed E-state index contributed by atoms with van der Waals surface area (Å²) in [6.45, 7) is 4.40. The molecule has 1 saturated heterocycles. The second-order valence-corrected chi connectivity index (χ2v) is 8.59. The molecule has 0 unspecified atom stereocenters. The van der Waals surface area contributed by atoms with E-state index in [1.807, 2.05) is 22.8 Å². The SMILES string of the molecule is O=c1c(-c2ccco2)ccc2n1C[C@H]1C[C@@H]2CN(CC2CCCCC2)C1. The van der Waals surface area contributed by atoms with Crippen LogP contribution in [0.1, 0.15) is 50.1 Å². The lowest BCUT2D eigenvalue weighted by molar-refractivity contribution is 0.0967. The van der Waals surface area contributed by atoms with Crippen LogP contribution in [-0.2, 0) is 6.54 Å². The number of piperidine rings is 1. The van der Waals surface area contributed by atoms with E-state index in [1.165, 1.54) is 50.8 Å². The van der Waals surface area contributed by atoms with E-state index >= 15 is 0 Å². The van der Waals surface area contributed by atoms with Crippen LogP contribution in [0.4, 0.5) is 0 Å². The number of nitrogens with zero attached hydrogens (tertiary/aromatic N) is 2. The van der Waals surface area contributed by atoms with Crippen molar-refractivity contribution in [3.05, 3.63) is 46.6 Å². The highest BCUT2D eigenvalue weighted by atomic mass is 16.3. The van der Waals surface area contributed by atoms with Gasteiger partial charge in [-0.2, -0.15) is 0 Å². The summed E-state index contributed by atoms with van der Waals surface area (Å²) in [4.78, 5) is 15.7. The molecule has 26 heavy (non-hydrogen) atoms. The van der Waals surface area contributed by atoms with Gasteiger partial charge in [0.1, 0.15) is 5.76 Å². The molecule has 1 aliphatic carbocycles. The molecule has 2 bridgehead atoms. The first-order valence-corrected chi connectivity index (χ1v) is 10.3. The Labute approximate surface area is 154 Å². The molecular weight excluding hydrogens is 324 g/mol. The van der Waals surface area contributed by atoms with Gasteiger partial charge < -0.3 is 13.9 Å². The monoisotopic (exact) mass is 352 g/mol. The molecule has 0 radical (unpaired) electrons. The number of rotatable bonds is 3. The third-order valence-corrected chi connectivity index (χ3v) is 6.71. The lowest BCUT2D eigenvalue weighted by Crippen LogP contribution is -2.48. The number of hydrogen-bond acceptors (Lipinski definition) is 3. The number of likely N-dealkylation sites (tertiary alicyclic amines) is 1. The number of furan rings is 1. The third kappa shape index (κ3) is 2.94.